The van der Waals surface area contributed by atoms with Gasteiger partial charge in [0.1, 0.15) is 6.61 Å². The van der Waals surface area contributed by atoms with E-state index in [1.54, 1.807) is 0 Å². The third-order valence-electron chi connectivity index (χ3n) is 2.94. The van der Waals surface area contributed by atoms with Crippen molar-refractivity contribution in [1.29, 1.82) is 0 Å². The van der Waals surface area contributed by atoms with Crippen molar-refractivity contribution in [3.8, 4) is 0 Å². The second-order valence-corrected chi connectivity index (χ2v) is 4.73. The first-order valence-electron chi connectivity index (χ1n) is 6.08. The van der Waals surface area contributed by atoms with Gasteiger partial charge in [-0.05, 0) is 19.1 Å². The number of hydrogen-bond donors (Lipinski definition) is 0. The molecule has 19 heavy (non-hydrogen) atoms. The molecule has 1 aliphatic rings. The van der Waals surface area contributed by atoms with Crippen molar-refractivity contribution in [2.24, 2.45) is 4.99 Å². The highest BCUT2D eigenvalue weighted by molar-refractivity contribution is 5.99. The second kappa shape index (κ2) is 5.26. The quantitative estimate of drug-likeness (QED) is 0.616. The molecule has 1 aromatic rings. The zero-order chi connectivity index (χ0) is 13.9. The van der Waals surface area contributed by atoms with Crippen LogP contribution in [-0.4, -0.2) is 31.1 Å². The molecular formula is C15H17NO3. The second-order valence-electron chi connectivity index (χ2n) is 4.73. The maximum Gasteiger partial charge on any atom is 0.337 e. The molecule has 0 aromatic heterocycles. The Kier molecular flexibility index (Phi) is 3.69. The first-order chi connectivity index (χ1) is 9.07. The predicted octanol–water partition coefficient (Wildman–Crippen LogP) is 2.34. The van der Waals surface area contributed by atoms with E-state index < -0.39 is 5.54 Å². The molecule has 0 radical (unpaired) electrons. The summed E-state index contributed by atoms with van der Waals surface area (Å²) in [5.74, 6) is 0.0914. The maximum absolute atomic E-state index is 12.0. The summed E-state index contributed by atoms with van der Waals surface area (Å²) >= 11 is 0. The maximum atomic E-state index is 12.0. The van der Waals surface area contributed by atoms with Gasteiger partial charge < -0.3 is 9.47 Å². The molecule has 0 amide bonds. The van der Waals surface area contributed by atoms with Crippen molar-refractivity contribution in [3.05, 3.63) is 48.0 Å². The van der Waals surface area contributed by atoms with Crippen LogP contribution in [-0.2, 0) is 14.3 Å². The Balaban J connectivity index is 2.35. The number of esters is 1. The van der Waals surface area contributed by atoms with Crippen LogP contribution in [0.5, 0.6) is 0 Å². The minimum Gasteiger partial charge on any atom is -0.474 e. The zero-order valence-corrected chi connectivity index (χ0v) is 11.2. The molecule has 0 fully saturated rings. The largest absolute Gasteiger partial charge is 0.474 e. The summed E-state index contributed by atoms with van der Waals surface area (Å²) < 4.78 is 10.4. The molecule has 2 rings (SSSR count). The van der Waals surface area contributed by atoms with Gasteiger partial charge in [0.15, 0.2) is 5.54 Å². The van der Waals surface area contributed by atoms with Crippen LogP contribution in [0.25, 0.3) is 0 Å². The molecule has 1 aliphatic heterocycles. The van der Waals surface area contributed by atoms with Crippen LogP contribution in [0.15, 0.2) is 47.5 Å². The van der Waals surface area contributed by atoms with Crippen molar-refractivity contribution in [3.63, 3.8) is 0 Å². The van der Waals surface area contributed by atoms with Crippen molar-refractivity contribution >= 4 is 11.9 Å². The van der Waals surface area contributed by atoms with Gasteiger partial charge in [-0.25, -0.2) is 9.79 Å². The van der Waals surface area contributed by atoms with Crippen LogP contribution in [0.3, 0.4) is 0 Å². The Bertz CT molecular complexity index is 521. The molecule has 0 bridgehead atoms. The summed E-state index contributed by atoms with van der Waals surface area (Å²) in [6.45, 7) is 5.90. The fourth-order valence-electron chi connectivity index (χ4n) is 2.13. The first-order valence-corrected chi connectivity index (χ1v) is 6.08. The van der Waals surface area contributed by atoms with Crippen LogP contribution >= 0.6 is 0 Å². The number of rotatable bonds is 4. The number of hydrogen-bond acceptors (Lipinski definition) is 4. The van der Waals surface area contributed by atoms with E-state index in [2.05, 4.69) is 11.6 Å². The molecule has 4 heteroatoms. The molecule has 4 nitrogen and oxygen atoms in total. The molecule has 1 atom stereocenters. The molecule has 0 unspecified atom stereocenters. The van der Waals surface area contributed by atoms with E-state index in [9.17, 15) is 4.79 Å². The fraction of sp³-hybridized carbons (Fsp3) is 0.333. The minimum absolute atomic E-state index is 0.191. The van der Waals surface area contributed by atoms with Crippen LogP contribution in [0.2, 0.25) is 0 Å². The number of benzene rings is 1. The number of methoxy groups -OCH3 is 1. The normalized spacial score (nSPS) is 21.5. The van der Waals surface area contributed by atoms with Gasteiger partial charge in [0.05, 0.1) is 7.11 Å². The summed E-state index contributed by atoms with van der Waals surface area (Å²) in [4.78, 5) is 16.5. The molecule has 1 heterocycles. The third-order valence-corrected chi connectivity index (χ3v) is 2.94. The highest BCUT2D eigenvalue weighted by atomic mass is 16.5. The van der Waals surface area contributed by atoms with Crippen molar-refractivity contribution in [2.75, 3.05) is 13.7 Å². The van der Waals surface area contributed by atoms with Gasteiger partial charge in [-0.15, -0.1) is 6.58 Å². The Hall–Kier alpha value is -2.10. The average molecular weight is 259 g/mol. The molecule has 0 N–H and O–H groups in total. The van der Waals surface area contributed by atoms with E-state index in [1.165, 1.54) is 7.11 Å². The standard InChI is InChI=1S/C15H17NO3/c1-11(2)9-15(14(17)18-3)10-19-13(16-15)12-7-5-4-6-8-12/h4-8H,1,9-10H2,2-3H3/t15-/m1/s1. The number of aliphatic imine (C=N–C) groups is 1. The monoisotopic (exact) mass is 259 g/mol. The molecule has 0 saturated heterocycles. The van der Waals surface area contributed by atoms with Gasteiger partial charge in [0.2, 0.25) is 5.90 Å². The minimum atomic E-state index is -0.994. The lowest BCUT2D eigenvalue weighted by Gasteiger charge is -2.20. The SMILES string of the molecule is C=C(C)C[C@]1(C(=O)OC)COC(c2ccccc2)=N1. The van der Waals surface area contributed by atoms with E-state index in [4.69, 9.17) is 9.47 Å². The van der Waals surface area contributed by atoms with E-state index in [0.29, 0.717) is 12.3 Å². The third kappa shape index (κ3) is 2.67. The summed E-state index contributed by atoms with van der Waals surface area (Å²) in [7, 11) is 1.36. The first kappa shape index (κ1) is 13.3. The van der Waals surface area contributed by atoms with Crippen LogP contribution < -0.4 is 0 Å². The van der Waals surface area contributed by atoms with Gasteiger partial charge in [0, 0.05) is 12.0 Å². The highest BCUT2D eigenvalue weighted by Gasteiger charge is 2.45. The number of ether oxygens (including phenoxy) is 2. The zero-order valence-electron chi connectivity index (χ0n) is 11.2. The lowest BCUT2D eigenvalue weighted by atomic mass is 9.94. The summed E-state index contributed by atoms with van der Waals surface area (Å²) in [6, 6.07) is 9.51. The van der Waals surface area contributed by atoms with Crippen molar-refractivity contribution in [2.45, 2.75) is 18.9 Å². The molecular weight excluding hydrogens is 242 g/mol. The predicted molar refractivity (Wildman–Crippen MR) is 73.1 cm³/mol. The van der Waals surface area contributed by atoms with Crippen LogP contribution in [0.4, 0.5) is 0 Å². The Labute approximate surface area is 112 Å². The molecule has 0 aliphatic carbocycles. The van der Waals surface area contributed by atoms with Crippen molar-refractivity contribution < 1.29 is 14.3 Å². The van der Waals surface area contributed by atoms with Gasteiger partial charge >= 0.3 is 5.97 Å². The van der Waals surface area contributed by atoms with Crippen molar-refractivity contribution in [1.82, 2.24) is 0 Å². The number of carbonyl (C=O) groups is 1. The Morgan fingerprint density at radius 1 is 1.47 bits per heavy atom. The summed E-state index contributed by atoms with van der Waals surface area (Å²) in [5.41, 5.74) is 0.730. The van der Waals surface area contributed by atoms with Gasteiger partial charge in [-0.2, -0.15) is 0 Å². The molecule has 100 valence electrons. The highest BCUT2D eigenvalue weighted by Crippen LogP contribution is 2.29. The Morgan fingerprint density at radius 3 is 2.74 bits per heavy atom. The average Bonchev–Trinajstić information content (AvgIpc) is 2.83. The number of nitrogens with zero attached hydrogens (tertiary/aromatic N) is 1. The summed E-state index contributed by atoms with van der Waals surface area (Å²) in [5, 5.41) is 0. The van der Waals surface area contributed by atoms with E-state index in [1.807, 2.05) is 37.3 Å². The van der Waals surface area contributed by atoms with E-state index >= 15 is 0 Å². The van der Waals surface area contributed by atoms with E-state index in [0.717, 1.165) is 11.1 Å². The lowest BCUT2D eigenvalue weighted by molar-refractivity contribution is -0.147. The molecule has 0 saturated carbocycles. The van der Waals surface area contributed by atoms with Gasteiger partial charge in [0.25, 0.3) is 0 Å². The molecule has 0 spiro atoms. The van der Waals surface area contributed by atoms with Gasteiger partial charge in [-0.1, -0.05) is 23.8 Å². The lowest BCUT2D eigenvalue weighted by Crippen LogP contribution is -2.39. The smallest absolute Gasteiger partial charge is 0.337 e. The number of carbonyl (C=O) groups excluding carboxylic acids is 1. The topological polar surface area (TPSA) is 47.9 Å². The van der Waals surface area contributed by atoms with Gasteiger partial charge in [-0.3, -0.25) is 0 Å². The van der Waals surface area contributed by atoms with E-state index in [-0.39, 0.29) is 12.6 Å². The van der Waals surface area contributed by atoms with Crippen LogP contribution in [0, 0.1) is 0 Å². The summed E-state index contributed by atoms with van der Waals surface area (Å²) in [6.07, 6.45) is 0.427. The Morgan fingerprint density at radius 2 is 2.16 bits per heavy atom. The fourth-order valence-corrected chi connectivity index (χ4v) is 2.13. The van der Waals surface area contributed by atoms with Crippen LogP contribution in [0.1, 0.15) is 18.9 Å². The molecule has 1 aromatic carbocycles.